The summed E-state index contributed by atoms with van der Waals surface area (Å²) in [5, 5.41) is 7.79. The molecule has 1 aromatic heterocycles. The fourth-order valence-corrected chi connectivity index (χ4v) is 1.38. The number of aromatic amines is 1. The molecule has 0 radical (unpaired) electrons. The standard InChI is InChI=1S/C11H12N6O/c1-6-4-2-3-5-7(6)16-17-8-9(12)14-11(13)15-10(8)18/h2-5H,1H3,(H5,12,13,14,15,18). The van der Waals surface area contributed by atoms with Crippen LogP contribution in [0.5, 0.6) is 0 Å². The van der Waals surface area contributed by atoms with E-state index in [0.29, 0.717) is 5.69 Å². The summed E-state index contributed by atoms with van der Waals surface area (Å²) in [7, 11) is 0. The van der Waals surface area contributed by atoms with E-state index >= 15 is 0 Å². The van der Waals surface area contributed by atoms with Crippen LogP contribution in [0.4, 0.5) is 23.1 Å². The third kappa shape index (κ3) is 2.34. The zero-order valence-corrected chi connectivity index (χ0v) is 9.71. The molecule has 0 aliphatic heterocycles. The molecule has 0 aliphatic carbocycles. The van der Waals surface area contributed by atoms with Crippen molar-refractivity contribution in [2.24, 2.45) is 10.2 Å². The second-order valence-electron chi connectivity index (χ2n) is 3.67. The summed E-state index contributed by atoms with van der Waals surface area (Å²) in [6, 6.07) is 7.40. The summed E-state index contributed by atoms with van der Waals surface area (Å²) >= 11 is 0. The van der Waals surface area contributed by atoms with Crippen LogP contribution in [0.3, 0.4) is 0 Å². The van der Waals surface area contributed by atoms with Gasteiger partial charge in [-0.05, 0) is 18.6 Å². The highest BCUT2D eigenvalue weighted by Crippen LogP contribution is 2.21. The third-order valence-corrected chi connectivity index (χ3v) is 2.31. The number of hydrogen-bond donors (Lipinski definition) is 3. The van der Waals surface area contributed by atoms with Gasteiger partial charge in [0.05, 0.1) is 5.69 Å². The summed E-state index contributed by atoms with van der Waals surface area (Å²) in [6.07, 6.45) is 0. The van der Waals surface area contributed by atoms with Crippen molar-refractivity contribution in [3.63, 3.8) is 0 Å². The van der Waals surface area contributed by atoms with E-state index in [1.165, 1.54) is 0 Å². The topological polar surface area (TPSA) is 123 Å². The fourth-order valence-electron chi connectivity index (χ4n) is 1.38. The number of rotatable bonds is 2. The maximum Gasteiger partial charge on any atom is 0.282 e. The van der Waals surface area contributed by atoms with Gasteiger partial charge in [0.15, 0.2) is 11.5 Å². The fraction of sp³-hybridized carbons (Fsp3) is 0.0909. The second-order valence-corrected chi connectivity index (χ2v) is 3.67. The van der Waals surface area contributed by atoms with Gasteiger partial charge in [-0.25, -0.2) is 0 Å². The predicted octanol–water partition coefficient (Wildman–Crippen LogP) is 1.66. The van der Waals surface area contributed by atoms with Crippen molar-refractivity contribution < 1.29 is 0 Å². The Kier molecular flexibility index (Phi) is 3.05. The number of H-pyrrole nitrogens is 1. The van der Waals surface area contributed by atoms with Crippen molar-refractivity contribution in [3.8, 4) is 0 Å². The lowest BCUT2D eigenvalue weighted by Gasteiger charge is -1.99. The van der Waals surface area contributed by atoms with E-state index in [9.17, 15) is 4.79 Å². The maximum atomic E-state index is 11.6. The van der Waals surface area contributed by atoms with E-state index in [1.807, 2.05) is 25.1 Å². The zero-order valence-electron chi connectivity index (χ0n) is 9.71. The molecular formula is C11H12N6O. The molecule has 5 N–H and O–H groups in total. The first kappa shape index (κ1) is 11.8. The Balaban J connectivity index is 2.42. The van der Waals surface area contributed by atoms with Crippen LogP contribution in [0.1, 0.15) is 5.56 Å². The van der Waals surface area contributed by atoms with Gasteiger partial charge in [0.2, 0.25) is 5.95 Å². The summed E-state index contributed by atoms with van der Waals surface area (Å²) < 4.78 is 0. The van der Waals surface area contributed by atoms with E-state index in [1.54, 1.807) is 6.07 Å². The molecule has 0 spiro atoms. The largest absolute Gasteiger partial charge is 0.382 e. The highest BCUT2D eigenvalue weighted by molar-refractivity contribution is 5.57. The molecule has 18 heavy (non-hydrogen) atoms. The molecule has 0 saturated carbocycles. The van der Waals surface area contributed by atoms with Gasteiger partial charge in [-0.3, -0.25) is 9.78 Å². The SMILES string of the molecule is Cc1ccccc1N=Nc1c(N)nc(N)[nH]c1=O. The molecule has 0 atom stereocenters. The van der Waals surface area contributed by atoms with Crippen molar-refractivity contribution in [1.29, 1.82) is 0 Å². The molecule has 2 rings (SSSR count). The van der Waals surface area contributed by atoms with Crippen molar-refractivity contribution in [3.05, 3.63) is 40.2 Å². The van der Waals surface area contributed by atoms with Crippen LogP contribution < -0.4 is 17.0 Å². The van der Waals surface area contributed by atoms with Gasteiger partial charge in [0, 0.05) is 0 Å². The number of nitrogen functional groups attached to an aromatic ring is 2. The van der Waals surface area contributed by atoms with E-state index in [2.05, 4.69) is 20.2 Å². The summed E-state index contributed by atoms with van der Waals surface area (Å²) in [4.78, 5) is 17.6. The van der Waals surface area contributed by atoms with Crippen molar-refractivity contribution in [2.75, 3.05) is 11.5 Å². The average molecular weight is 244 g/mol. The number of aromatic nitrogens is 2. The maximum absolute atomic E-state index is 11.6. The van der Waals surface area contributed by atoms with E-state index in [4.69, 9.17) is 11.5 Å². The van der Waals surface area contributed by atoms with Crippen molar-refractivity contribution >= 4 is 23.1 Å². The number of aryl methyl sites for hydroxylation is 1. The number of anilines is 2. The van der Waals surface area contributed by atoms with Crippen LogP contribution in [0.15, 0.2) is 39.3 Å². The minimum Gasteiger partial charge on any atom is -0.382 e. The average Bonchev–Trinajstić information content (AvgIpc) is 2.30. The van der Waals surface area contributed by atoms with Crippen LogP contribution >= 0.6 is 0 Å². The molecule has 0 amide bonds. The lowest BCUT2D eigenvalue weighted by molar-refractivity contribution is 1.10. The van der Waals surface area contributed by atoms with Crippen molar-refractivity contribution in [2.45, 2.75) is 6.92 Å². The Morgan fingerprint density at radius 3 is 2.61 bits per heavy atom. The van der Waals surface area contributed by atoms with Crippen LogP contribution in [0.2, 0.25) is 0 Å². The lowest BCUT2D eigenvalue weighted by Crippen LogP contribution is -2.12. The second kappa shape index (κ2) is 4.66. The molecule has 7 heteroatoms. The summed E-state index contributed by atoms with van der Waals surface area (Å²) in [6.45, 7) is 1.89. The minimum atomic E-state index is -0.516. The highest BCUT2D eigenvalue weighted by Gasteiger charge is 2.06. The molecule has 0 bridgehead atoms. The molecule has 2 aromatic rings. The molecule has 1 aromatic carbocycles. The number of nitrogens with two attached hydrogens (primary N) is 2. The van der Waals surface area contributed by atoms with E-state index in [-0.39, 0.29) is 17.5 Å². The van der Waals surface area contributed by atoms with Gasteiger partial charge < -0.3 is 11.5 Å². The van der Waals surface area contributed by atoms with Crippen LogP contribution in [0, 0.1) is 6.92 Å². The Labute approximate surface area is 103 Å². The molecule has 0 unspecified atom stereocenters. The van der Waals surface area contributed by atoms with E-state index < -0.39 is 5.56 Å². The normalized spacial score (nSPS) is 10.9. The molecule has 7 nitrogen and oxygen atoms in total. The van der Waals surface area contributed by atoms with E-state index in [0.717, 1.165) is 5.56 Å². The quantitative estimate of drug-likeness (QED) is 0.695. The summed E-state index contributed by atoms with van der Waals surface area (Å²) in [5.74, 6) is -0.0964. The number of benzene rings is 1. The first-order chi connectivity index (χ1) is 8.58. The van der Waals surface area contributed by atoms with Crippen molar-refractivity contribution in [1.82, 2.24) is 9.97 Å². The molecule has 1 heterocycles. The Morgan fingerprint density at radius 1 is 1.22 bits per heavy atom. The van der Waals surface area contributed by atoms with Crippen LogP contribution in [0.25, 0.3) is 0 Å². The Morgan fingerprint density at radius 2 is 1.94 bits per heavy atom. The first-order valence-corrected chi connectivity index (χ1v) is 5.20. The zero-order chi connectivity index (χ0) is 13.1. The van der Waals surface area contributed by atoms with Gasteiger partial charge in [-0.2, -0.15) is 4.98 Å². The lowest BCUT2D eigenvalue weighted by atomic mass is 10.2. The molecule has 0 aliphatic rings. The van der Waals surface area contributed by atoms with Gasteiger partial charge in [0.1, 0.15) is 0 Å². The molecule has 0 saturated heterocycles. The highest BCUT2D eigenvalue weighted by atomic mass is 16.1. The van der Waals surface area contributed by atoms with Gasteiger partial charge in [-0.1, -0.05) is 18.2 Å². The summed E-state index contributed by atoms with van der Waals surface area (Å²) in [5.41, 5.74) is 11.9. The molecule has 0 fully saturated rings. The monoisotopic (exact) mass is 244 g/mol. The van der Waals surface area contributed by atoms with Gasteiger partial charge >= 0.3 is 0 Å². The van der Waals surface area contributed by atoms with Crippen LogP contribution in [-0.4, -0.2) is 9.97 Å². The molecular weight excluding hydrogens is 232 g/mol. The third-order valence-electron chi connectivity index (χ3n) is 2.31. The first-order valence-electron chi connectivity index (χ1n) is 5.20. The minimum absolute atomic E-state index is 0.0476. The predicted molar refractivity (Wildman–Crippen MR) is 69.0 cm³/mol. The van der Waals surface area contributed by atoms with Gasteiger partial charge in [0.25, 0.3) is 5.56 Å². The Bertz CT molecular complexity index is 661. The number of nitrogens with one attached hydrogen (secondary N) is 1. The number of azo groups is 1. The Hall–Kier alpha value is -2.70. The van der Waals surface area contributed by atoms with Gasteiger partial charge in [-0.15, -0.1) is 10.2 Å². The van der Waals surface area contributed by atoms with Crippen LogP contribution in [-0.2, 0) is 0 Å². The smallest absolute Gasteiger partial charge is 0.282 e. The number of hydrogen-bond acceptors (Lipinski definition) is 6. The number of nitrogens with zero attached hydrogens (tertiary/aromatic N) is 3. The molecule has 92 valence electrons.